The van der Waals surface area contributed by atoms with E-state index in [1.54, 1.807) is 0 Å². The lowest BCUT2D eigenvalue weighted by Crippen LogP contribution is -2.05. The first-order valence-electron chi connectivity index (χ1n) is 4.55. The Labute approximate surface area is 73.6 Å². The predicted octanol–water partition coefficient (Wildman–Crippen LogP) is 2.50. The summed E-state index contributed by atoms with van der Waals surface area (Å²) in [6.07, 6.45) is 1.11. The molecule has 2 rings (SSSR count). The Bertz CT molecular complexity index is 304. The Morgan fingerprint density at radius 1 is 1.42 bits per heavy atom. The molecule has 0 fully saturated rings. The molecule has 1 aromatic carbocycles. The number of rotatable bonds is 0. The van der Waals surface area contributed by atoms with Crippen molar-refractivity contribution in [1.82, 2.24) is 0 Å². The van der Waals surface area contributed by atoms with E-state index in [1.807, 2.05) is 0 Å². The van der Waals surface area contributed by atoms with Gasteiger partial charge in [0, 0.05) is 6.04 Å². The molecule has 0 amide bonds. The highest BCUT2D eigenvalue weighted by atomic mass is 14.7. The molecule has 2 unspecified atom stereocenters. The topological polar surface area (TPSA) is 26.0 Å². The first-order chi connectivity index (χ1) is 5.70. The van der Waals surface area contributed by atoms with Gasteiger partial charge in [0.25, 0.3) is 0 Å². The molecule has 0 aliphatic heterocycles. The van der Waals surface area contributed by atoms with Gasteiger partial charge >= 0.3 is 0 Å². The van der Waals surface area contributed by atoms with Crippen molar-refractivity contribution in [3.05, 3.63) is 34.9 Å². The maximum Gasteiger partial charge on any atom is 0.0303 e. The van der Waals surface area contributed by atoms with Crippen molar-refractivity contribution in [2.24, 2.45) is 5.73 Å². The molecule has 0 saturated heterocycles. The average molecular weight is 161 g/mol. The quantitative estimate of drug-likeness (QED) is 0.621. The summed E-state index contributed by atoms with van der Waals surface area (Å²) in [5.41, 5.74) is 10.3. The Hall–Kier alpha value is -0.820. The van der Waals surface area contributed by atoms with Crippen LogP contribution >= 0.6 is 0 Å². The molecule has 0 spiro atoms. The highest BCUT2D eigenvalue weighted by molar-refractivity contribution is 5.42. The first kappa shape index (κ1) is 7.81. The largest absolute Gasteiger partial charge is 0.324 e. The zero-order valence-corrected chi connectivity index (χ0v) is 7.67. The van der Waals surface area contributed by atoms with Crippen LogP contribution < -0.4 is 5.73 Å². The van der Waals surface area contributed by atoms with Gasteiger partial charge in [0.2, 0.25) is 0 Å². The Kier molecular flexibility index (Phi) is 1.69. The minimum absolute atomic E-state index is 0.273. The van der Waals surface area contributed by atoms with Crippen LogP contribution in [0.5, 0.6) is 0 Å². The van der Waals surface area contributed by atoms with Gasteiger partial charge in [-0.25, -0.2) is 0 Å². The fraction of sp³-hybridized carbons (Fsp3) is 0.455. The van der Waals surface area contributed by atoms with Gasteiger partial charge in [-0.3, -0.25) is 0 Å². The van der Waals surface area contributed by atoms with Crippen LogP contribution in [0.2, 0.25) is 0 Å². The summed E-state index contributed by atoms with van der Waals surface area (Å²) in [6.45, 7) is 4.44. The van der Waals surface area contributed by atoms with Gasteiger partial charge in [0.15, 0.2) is 0 Å². The van der Waals surface area contributed by atoms with Gasteiger partial charge in [-0.05, 0) is 36.0 Å². The van der Waals surface area contributed by atoms with Crippen molar-refractivity contribution in [3.8, 4) is 0 Å². The third kappa shape index (κ3) is 0.969. The fourth-order valence-electron chi connectivity index (χ4n) is 2.33. The van der Waals surface area contributed by atoms with Crippen molar-refractivity contribution < 1.29 is 0 Å². The van der Waals surface area contributed by atoms with E-state index < -0.39 is 0 Å². The summed E-state index contributed by atoms with van der Waals surface area (Å²) >= 11 is 0. The van der Waals surface area contributed by atoms with E-state index in [2.05, 4.69) is 32.0 Å². The van der Waals surface area contributed by atoms with Crippen molar-refractivity contribution in [3.63, 3.8) is 0 Å². The highest BCUT2D eigenvalue weighted by Gasteiger charge is 2.26. The molecular formula is C11H15N. The monoisotopic (exact) mass is 161 g/mol. The average Bonchev–Trinajstić information content (AvgIpc) is 2.29. The number of fused-ring (bicyclic) bond motifs is 1. The van der Waals surface area contributed by atoms with Crippen LogP contribution in [0, 0.1) is 6.92 Å². The zero-order valence-electron chi connectivity index (χ0n) is 7.67. The van der Waals surface area contributed by atoms with Crippen LogP contribution in [0.15, 0.2) is 18.2 Å². The molecule has 0 aromatic heterocycles. The van der Waals surface area contributed by atoms with Crippen LogP contribution in [0.4, 0.5) is 0 Å². The zero-order chi connectivity index (χ0) is 8.72. The van der Waals surface area contributed by atoms with E-state index in [0.29, 0.717) is 5.92 Å². The molecule has 0 heterocycles. The SMILES string of the molecule is Cc1cccc2c1C(C)CC2N. The number of nitrogens with two attached hydrogens (primary N) is 1. The van der Waals surface area contributed by atoms with Crippen LogP contribution in [0.25, 0.3) is 0 Å². The molecule has 0 bridgehead atoms. The summed E-state index contributed by atoms with van der Waals surface area (Å²) in [5.74, 6) is 0.649. The molecule has 1 aliphatic carbocycles. The molecule has 0 saturated carbocycles. The summed E-state index contributed by atoms with van der Waals surface area (Å²) in [4.78, 5) is 0. The van der Waals surface area contributed by atoms with Crippen LogP contribution in [-0.4, -0.2) is 0 Å². The molecule has 2 atom stereocenters. The normalized spacial score (nSPS) is 27.2. The second kappa shape index (κ2) is 2.60. The standard InChI is InChI=1S/C11H15N/c1-7-4-3-5-9-10(12)6-8(2)11(7)9/h3-5,8,10H,6,12H2,1-2H3. The maximum atomic E-state index is 6.01. The summed E-state index contributed by atoms with van der Waals surface area (Å²) in [7, 11) is 0. The third-order valence-corrected chi connectivity index (χ3v) is 2.86. The number of aryl methyl sites for hydroxylation is 1. The van der Waals surface area contributed by atoms with Gasteiger partial charge in [0.1, 0.15) is 0 Å². The van der Waals surface area contributed by atoms with Gasteiger partial charge in [0.05, 0.1) is 0 Å². The molecule has 2 N–H and O–H groups in total. The van der Waals surface area contributed by atoms with Crippen LogP contribution in [-0.2, 0) is 0 Å². The van der Waals surface area contributed by atoms with E-state index in [-0.39, 0.29) is 6.04 Å². The highest BCUT2D eigenvalue weighted by Crippen LogP contribution is 2.39. The number of hydrogen-bond donors (Lipinski definition) is 1. The summed E-state index contributed by atoms with van der Waals surface area (Å²) < 4.78 is 0. The fourth-order valence-corrected chi connectivity index (χ4v) is 2.33. The molecule has 1 nitrogen and oxygen atoms in total. The smallest absolute Gasteiger partial charge is 0.0303 e. The third-order valence-electron chi connectivity index (χ3n) is 2.86. The van der Waals surface area contributed by atoms with E-state index >= 15 is 0 Å². The summed E-state index contributed by atoms with van der Waals surface area (Å²) in [5, 5.41) is 0. The first-order valence-corrected chi connectivity index (χ1v) is 4.55. The molecule has 1 aromatic rings. The van der Waals surface area contributed by atoms with Crippen LogP contribution in [0.1, 0.15) is 42.0 Å². The predicted molar refractivity (Wildman–Crippen MR) is 51.1 cm³/mol. The lowest BCUT2D eigenvalue weighted by Gasteiger charge is -2.07. The Balaban J connectivity index is 2.59. The Morgan fingerprint density at radius 3 is 2.83 bits per heavy atom. The van der Waals surface area contributed by atoms with Gasteiger partial charge < -0.3 is 5.73 Å². The van der Waals surface area contributed by atoms with Crippen molar-refractivity contribution in [1.29, 1.82) is 0 Å². The van der Waals surface area contributed by atoms with E-state index in [9.17, 15) is 0 Å². The second-order valence-electron chi connectivity index (χ2n) is 3.82. The lowest BCUT2D eigenvalue weighted by molar-refractivity contribution is 0.639. The molecule has 64 valence electrons. The molecular weight excluding hydrogens is 146 g/mol. The second-order valence-corrected chi connectivity index (χ2v) is 3.82. The van der Waals surface area contributed by atoms with E-state index in [0.717, 1.165) is 6.42 Å². The number of hydrogen-bond acceptors (Lipinski definition) is 1. The molecule has 0 radical (unpaired) electrons. The molecule has 1 aliphatic rings. The van der Waals surface area contributed by atoms with E-state index in [1.165, 1.54) is 16.7 Å². The van der Waals surface area contributed by atoms with Crippen LogP contribution in [0.3, 0.4) is 0 Å². The molecule has 1 heteroatoms. The maximum absolute atomic E-state index is 6.01. The van der Waals surface area contributed by atoms with Gasteiger partial charge in [-0.2, -0.15) is 0 Å². The Morgan fingerprint density at radius 2 is 2.17 bits per heavy atom. The molecule has 12 heavy (non-hydrogen) atoms. The summed E-state index contributed by atoms with van der Waals surface area (Å²) in [6, 6.07) is 6.71. The van der Waals surface area contributed by atoms with Gasteiger partial charge in [-0.1, -0.05) is 25.1 Å². The van der Waals surface area contributed by atoms with E-state index in [4.69, 9.17) is 5.73 Å². The minimum Gasteiger partial charge on any atom is -0.324 e. The minimum atomic E-state index is 0.273. The number of benzene rings is 1. The van der Waals surface area contributed by atoms with Crippen molar-refractivity contribution in [2.45, 2.75) is 32.2 Å². The van der Waals surface area contributed by atoms with Crippen molar-refractivity contribution >= 4 is 0 Å². The van der Waals surface area contributed by atoms with Gasteiger partial charge in [-0.15, -0.1) is 0 Å². The lowest BCUT2D eigenvalue weighted by atomic mass is 9.98. The van der Waals surface area contributed by atoms with Crippen molar-refractivity contribution in [2.75, 3.05) is 0 Å².